The van der Waals surface area contributed by atoms with Crippen molar-refractivity contribution < 1.29 is 27.9 Å². The van der Waals surface area contributed by atoms with Gasteiger partial charge >= 0.3 is 12.0 Å². The molecule has 0 saturated carbocycles. The summed E-state index contributed by atoms with van der Waals surface area (Å²) >= 11 is 0. The zero-order valence-corrected chi connectivity index (χ0v) is 21.7. The lowest BCUT2D eigenvalue weighted by Crippen LogP contribution is -2.56. The van der Waals surface area contributed by atoms with E-state index in [9.17, 15) is 23.2 Å². The summed E-state index contributed by atoms with van der Waals surface area (Å²) in [6.07, 6.45) is 0. The SMILES string of the molecule is CCOC(=O)C1=C(CN2CCN(C(=O)c3ccccc3F)[C@H](C)C2)N(CC)C(=O)N[C@H]1c1cccc(F)c1. The fourth-order valence-electron chi connectivity index (χ4n) is 5.07. The number of esters is 1. The Morgan fingerprint density at radius 1 is 1.08 bits per heavy atom. The zero-order chi connectivity index (χ0) is 27.4. The van der Waals surface area contributed by atoms with Crippen LogP contribution in [0.1, 0.15) is 42.7 Å². The molecule has 1 fully saturated rings. The summed E-state index contributed by atoms with van der Waals surface area (Å²) in [5.41, 5.74) is 1.18. The summed E-state index contributed by atoms with van der Waals surface area (Å²) in [7, 11) is 0. The number of piperazine rings is 1. The number of carbonyl (C=O) groups is 3. The van der Waals surface area contributed by atoms with E-state index in [4.69, 9.17) is 4.74 Å². The van der Waals surface area contributed by atoms with Crippen molar-refractivity contribution in [1.82, 2.24) is 20.0 Å². The Morgan fingerprint density at radius 3 is 2.50 bits per heavy atom. The summed E-state index contributed by atoms with van der Waals surface area (Å²) in [4.78, 5) is 44.5. The van der Waals surface area contributed by atoms with Gasteiger partial charge in [-0.05, 0) is 50.6 Å². The summed E-state index contributed by atoms with van der Waals surface area (Å²) in [5, 5.41) is 2.83. The van der Waals surface area contributed by atoms with Crippen molar-refractivity contribution in [2.24, 2.45) is 0 Å². The van der Waals surface area contributed by atoms with Gasteiger partial charge in [0, 0.05) is 44.5 Å². The fourth-order valence-corrected chi connectivity index (χ4v) is 5.07. The van der Waals surface area contributed by atoms with Crippen LogP contribution in [0.5, 0.6) is 0 Å². The Kier molecular flexibility index (Phi) is 8.41. The summed E-state index contributed by atoms with van der Waals surface area (Å²) in [6, 6.07) is 10.2. The van der Waals surface area contributed by atoms with Crippen molar-refractivity contribution in [3.05, 3.63) is 82.6 Å². The first-order valence-electron chi connectivity index (χ1n) is 12.8. The normalized spacial score (nSPS) is 20.4. The van der Waals surface area contributed by atoms with E-state index in [2.05, 4.69) is 5.32 Å². The highest BCUT2D eigenvalue weighted by Crippen LogP contribution is 2.32. The molecule has 1 N–H and O–H groups in total. The van der Waals surface area contributed by atoms with E-state index in [-0.39, 0.29) is 36.2 Å². The monoisotopic (exact) mass is 526 g/mol. The molecule has 0 bridgehead atoms. The molecule has 8 nitrogen and oxygen atoms in total. The van der Waals surface area contributed by atoms with E-state index in [1.165, 1.54) is 35.2 Å². The van der Waals surface area contributed by atoms with Crippen LogP contribution in [-0.2, 0) is 9.53 Å². The first kappa shape index (κ1) is 27.3. The molecule has 2 heterocycles. The summed E-state index contributed by atoms with van der Waals surface area (Å²) in [6.45, 7) is 7.32. The number of nitrogens with one attached hydrogen (secondary N) is 1. The number of carbonyl (C=O) groups excluding carboxylic acids is 3. The average molecular weight is 527 g/mol. The number of rotatable bonds is 7. The van der Waals surface area contributed by atoms with Gasteiger partial charge in [-0.15, -0.1) is 0 Å². The third kappa shape index (κ3) is 5.55. The molecule has 2 aromatic rings. The second-order valence-electron chi connectivity index (χ2n) is 9.33. The highest BCUT2D eigenvalue weighted by atomic mass is 19.1. The maximum atomic E-state index is 14.2. The predicted molar refractivity (Wildman–Crippen MR) is 137 cm³/mol. The average Bonchev–Trinajstić information content (AvgIpc) is 2.88. The lowest BCUT2D eigenvalue weighted by molar-refractivity contribution is -0.139. The van der Waals surface area contributed by atoms with Crippen molar-refractivity contribution in [3.8, 4) is 0 Å². The molecule has 202 valence electrons. The molecule has 0 aliphatic carbocycles. The molecule has 1 saturated heterocycles. The van der Waals surface area contributed by atoms with Gasteiger partial charge in [-0.3, -0.25) is 14.6 Å². The molecule has 2 aliphatic heterocycles. The number of amides is 3. The Balaban J connectivity index is 1.64. The largest absolute Gasteiger partial charge is 0.463 e. The van der Waals surface area contributed by atoms with Gasteiger partial charge < -0.3 is 15.0 Å². The molecular formula is C28H32F2N4O4. The molecule has 2 aromatic carbocycles. The van der Waals surface area contributed by atoms with Crippen LogP contribution in [0.25, 0.3) is 0 Å². The van der Waals surface area contributed by atoms with Crippen molar-refractivity contribution in [3.63, 3.8) is 0 Å². The van der Waals surface area contributed by atoms with Gasteiger partial charge in [-0.25, -0.2) is 18.4 Å². The quantitative estimate of drug-likeness (QED) is 0.557. The van der Waals surface area contributed by atoms with Crippen LogP contribution >= 0.6 is 0 Å². The van der Waals surface area contributed by atoms with Crippen molar-refractivity contribution in [2.45, 2.75) is 32.9 Å². The Hall–Kier alpha value is -3.79. The molecule has 3 amide bonds. The van der Waals surface area contributed by atoms with E-state index in [1.807, 2.05) is 11.8 Å². The third-order valence-electron chi connectivity index (χ3n) is 6.88. The molecule has 0 spiro atoms. The number of halogens is 2. The first-order chi connectivity index (χ1) is 18.2. The van der Waals surface area contributed by atoms with E-state index in [1.54, 1.807) is 36.9 Å². The van der Waals surface area contributed by atoms with Crippen LogP contribution < -0.4 is 5.32 Å². The lowest BCUT2D eigenvalue weighted by atomic mass is 9.94. The van der Waals surface area contributed by atoms with Crippen LogP contribution in [0.2, 0.25) is 0 Å². The standard InChI is InChI=1S/C28H32F2N4O4/c1-4-33-23(17-32-13-14-34(18(3)16-32)26(35)21-11-6-7-12-22(21)30)24(27(36)38-5-2)25(31-28(33)37)19-9-8-10-20(29)15-19/h6-12,15,18,25H,4-5,13-14,16-17H2,1-3H3,(H,31,37)/t18-,25+/m1/s1. The van der Waals surface area contributed by atoms with Crippen molar-refractivity contribution in [1.29, 1.82) is 0 Å². The molecular weight excluding hydrogens is 494 g/mol. The third-order valence-corrected chi connectivity index (χ3v) is 6.88. The highest BCUT2D eigenvalue weighted by Gasteiger charge is 2.39. The first-order valence-corrected chi connectivity index (χ1v) is 12.8. The van der Waals surface area contributed by atoms with Gasteiger partial charge in [0.05, 0.1) is 23.8 Å². The lowest BCUT2D eigenvalue weighted by Gasteiger charge is -2.43. The number of ether oxygens (including phenoxy) is 1. The van der Waals surface area contributed by atoms with Crippen LogP contribution in [-0.4, -0.2) is 78.0 Å². The van der Waals surface area contributed by atoms with E-state index in [0.29, 0.717) is 37.4 Å². The number of hydrogen-bond acceptors (Lipinski definition) is 5. The second kappa shape index (κ2) is 11.7. The van der Waals surface area contributed by atoms with Crippen molar-refractivity contribution in [2.75, 3.05) is 39.3 Å². The maximum absolute atomic E-state index is 14.2. The smallest absolute Gasteiger partial charge is 0.338 e. The van der Waals surface area contributed by atoms with Gasteiger partial charge in [0.15, 0.2) is 0 Å². The fraction of sp³-hybridized carbons (Fsp3) is 0.393. The molecule has 0 aromatic heterocycles. The van der Waals surface area contributed by atoms with Gasteiger partial charge in [-0.2, -0.15) is 0 Å². The van der Waals surface area contributed by atoms with Gasteiger partial charge in [0.25, 0.3) is 5.91 Å². The summed E-state index contributed by atoms with van der Waals surface area (Å²) in [5.74, 6) is -2.01. The van der Waals surface area contributed by atoms with Crippen LogP contribution in [0, 0.1) is 11.6 Å². The van der Waals surface area contributed by atoms with E-state index in [0.717, 1.165) is 0 Å². The molecule has 0 radical (unpaired) electrons. The molecule has 38 heavy (non-hydrogen) atoms. The molecule has 10 heteroatoms. The Labute approximate surface area is 220 Å². The van der Waals surface area contributed by atoms with E-state index < -0.39 is 29.7 Å². The van der Waals surface area contributed by atoms with Crippen LogP contribution in [0.15, 0.2) is 59.8 Å². The minimum absolute atomic E-state index is 0.0270. The van der Waals surface area contributed by atoms with Crippen LogP contribution in [0.4, 0.5) is 13.6 Å². The zero-order valence-electron chi connectivity index (χ0n) is 21.7. The van der Waals surface area contributed by atoms with Crippen molar-refractivity contribution >= 4 is 17.9 Å². The Bertz CT molecular complexity index is 1250. The van der Waals surface area contributed by atoms with Crippen LogP contribution in [0.3, 0.4) is 0 Å². The number of likely N-dealkylation sites (N-methyl/N-ethyl adjacent to an activating group) is 1. The Morgan fingerprint density at radius 2 is 1.84 bits per heavy atom. The minimum atomic E-state index is -0.878. The summed E-state index contributed by atoms with van der Waals surface area (Å²) < 4.78 is 33.7. The number of urea groups is 1. The molecule has 2 atom stereocenters. The second-order valence-corrected chi connectivity index (χ2v) is 9.33. The number of hydrogen-bond donors (Lipinski definition) is 1. The van der Waals surface area contributed by atoms with Gasteiger partial charge in [0.1, 0.15) is 11.6 Å². The molecule has 0 unspecified atom stereocenters. The predicted octanol–water partition coefficient (Wildman–Crippen LogP) is 3.71. The molecule has 2 aliphatic rings. The molecule has 4 rings (SSSR count). The minimum Gasteiger partial charge on any atom is -0.463 e. The van der Waals surface area contributed by atoms with E-state index >= 15 is 0 Å². The number of nitrogens with zero attached hydrogens (tertiary/aromatic N) is 3. The number of benzene rings is 2. The highest BCUT2D eigenvalue weighted by molar-refractivity contribution is 5.96. The van der Waals surface area contributed by atoms with Gasteiger partial charge in [0.2, 0.25) is 0 Å². The maximum Gasteiger partial charge on any atom is 0.338 e. The van der Waals surface area contributed by atoms with Gasteiger partial charge in [-0.1, -0.05) is 24.3 Å². The topological polar surface area (TPSA) is 82.2 Å².